The van der Waals surface area contributed by atoms with Crippen molar-refractivity contribution >= 4 is 5.78 Å². The van der Waals surface area contributed by atoms with Gasteiger partial charge in [-0.1, -0.05) is 45.4 Å². The first-order valence-corrected chi connectivity index (χ1v) is 9.40. The molecule has 2 saturated carbocycles. The predicted molar refractivity (Wildman–Crippen MR) is 88.6 cm³/mol. The molecule has 22 heavy (non-hydrogen) atoms. The van der Waals surface area contributed by atoms with Crippen LogP contribution in [0.1, 0.15) is 84.5 Å². The topological polar surface area (TPSA) is 57.5 Å². The molecule has 3 heteroatoms. The van der Waals surface area contributed by atoms with Gasteiger partial charge in [0.25, 0.3) is 0 Å². The zero-order chi connectivity index (χ0) is 16.2. The summed E-state index contributed by atoms with van der Waals surface area (Å²) in [5.41, 5.74) is -0.458. The van der Waals surface area contributed by atoms with E-state index in [1.165, 1.54) is 32.1 Å². The number of Topliss-reactive ketones (excluding diaryl/α,β-unsaturated/α-hetero) is 1. The first-order valence-electron chi connectivity index (χ1n) is 9.40. The van der Waals surface area contributed by atoms with E-state index in [0.717, 1.165) is 25.7 Å². The van der Waals surface area contributed by atoms with Crippen LogP contribution in [0.3, 0.4) is 0 Å². The first-order chi connectivity index (χ1) is 10.5. The number of hydrogen-bond donors (Lipinski definition) is 2. The van der Waals surface area contributed by atoms with Crippen molar-refractivity contribution in [2.75, 3.05) is 0 Å². The van der Waals surface area contributed by atoms with E-state index in [9.17, 15) is 15.0 Å². The van der Waals surface area contributed by atoms with Crippen LogP contribution >= 0.6 is 0 Å². The Kier molecular flexibility index (Phi) is 6.46. The lowest BCUT2D eigenvalue weighted by atomic mass is 9.55. The molecule has 4 atom stereocenters. The molecule has 2 aliphatic carbocycles. The van der Waals surface area contributed by atoms with Gasteiger partial charge in [-0.15, -0.1) is 0 Å². The molecule has 0 spiro atoms. The monoisotopic (exact) mass is 310 g/mol. The Hall–Kier alpha value is -0.410. The highest BCUT2D eigenvalue weighted by Crippen LogP contribution is 2.52. The first kappa shape index (κ1) is 17.9. The number of hydrogen-bond acceptors (Lipinski definition) is 3. The van der Waals surface area contributed by atoms with Crippen molar-refractivity contribution in [2.45, 2.75) is 96.7 Å². The third-order valence-electron chi connectivity index (χ3n) is 6.37. The van der Waals surface area contributed by atoms with E-state index in [0.29, 0.717) is 18.8 Å². The summed E-state index contributed by atoms with van der Waals surface area (Å²) in [4.78, 5) is 12.0. The fourth-order valence-corrected chi connectivity index (χ4v) is 5.22. The molecule has 0 aromatic rings. The van der Waals surface area contributed by atoms with Crippen molar-refractivity contribution in [3.05, 3.63) is 0 Å². The van der Waals surface area contributed by atoms with Gasteiger partial charge in [-0.2, -0.15) is 0 Å². The largest absolute Gasteiger partial charge is 0.392 e. The number of ketones is 1. The van der Waals surface area contributed by atoms with Crippen molar-refractivity contribution in [1.82, 2.24) is 0 Å². The fourth-order valence-electron chi connectivity index (χ4n) is 5.22. The highest BCUT2D eigenvalue weighted by molar-refractivity contribution is 5.79. The quantitative estimate of drug-likeness (QED) is 0.829. The van der Waals surface area contributed by atoms with E-state index in [4.69, 9.17) is 0 Å². The minimum Gasteiger partial charge on any atom is -0.392 e. The molecule has 0 heterocycles. The summed E-state index contributed by atoms with van der Waals surface area (Å²) < 4.78 is 0. The minimum absolute atomic E-state index is 0.0886. The van der Waals surface area contributed by atoms with E-state index in [1.54, 1.807) is 6.92 Å². The number of carbonyl (C=O) groups is 1. The van der Waals surface area contributed by atoms with E-state index in [2.05, 4.69) is 6.92 Å². The van der Waals surface area contributed by atoms with E-state index >= 15 is 0 Å². The highest BCUT2D eigenvalue weighted by atomic mass is 16.3. The number of rotatable bonds is 4. The van der Waals surface area contributed by atoms with Crippen LogP contribution in [0.2, 0.25) is 0 Å². The Morgan fingerprint density at radius 3 is 2.14 bits per heavy atom. The van der Waals surface area contributed by atoms with Crippen LogP contribution in [-0.2, 0) is 4.79 Å². The Balaban J connectivity index is 2.31. The maximum atomic E-state index is 12.0. The zero-order valence-corrected chi connectivity index (χ0v) is 14.4. The van der Waals surface area contributed by atoms with Crippen molar-refractivity contribution in [1.29, 1.82) is 0 Å². The smallest absolute Gasteiger partial charge is 0.135 e. The SMILES string of the molecule is CCCC1(C2CCCCCCC2)C(O)CCC(C(C)=O)C1O. The van der Waals surface area contributed by atoms with Crippen LogP contribution in [0.5, 0.6) is 0 Å². The molecular weight excluding hydrogens is 276 g/mol. The average Bonchev–Trinajstić information content (AvgIpc) is 2.43. The number of aliphatic hydroxyl groups is 2. The highest BCUT2D eigenvalue weighted by Gasteiger charge is 2.54. The van der Waals surface area contributed by atoms with Gasteiger partial charge in [0.2, 0.25) is 0 Å². The summed E-state index contributed by atoms with van der Waals surface area (Å²) in [6.45, 7) is 3.72. The molecule has 0 aliphatic heterocycles. The summed E-state index contributed by atoms with van der Waals surface area (Å²) in [6.07, 6.45) is 10.4. The maximum Gasteiger partial charge on any atom is 0.135 e. The summed E-state index contributed by atoms with van der Waals surface area (Å²) >= 11 is 0. The molecule has 4 unspecified atom stereocenters. The third kappa shape index (κ3) is 3.41. The van der Waals surface area contributed by atoms with Crippen LogP contribution in [0.15, 0.2) is 0 Å². The van der Waals surface area contributed by atoms with Gasteiger partial charge < -0.3 is 10.2 Å². The van der Waals surface area contributed by atoms with Gasteiger partial charge in [0.1, 0.15) is 5.78 Å². The van der Waals surface area contributed by atoms with E-state index < -0.39 is 17.6 Å². The Bertz CT molecular complexity index is 360. The molecule has 128 valence electrons. The maximum absolute atomic E-state index is 12.0. The Labute approximate surface area is 135 Å². The zero-order valence-electron chi connectivity index (χ0n) is 14.4. The van der Waals surface area contributed by atoms with Crippen molar-refractivity contribution < 1.29 is 15.0 Å². The van der Waals surface area contributed by atoms with Crippen molar-refractivity contribution in [2.24, 2.45) is 17.3 Å². The molecular formula is C19H34O3. The predicted octanol–water partition coefficient (Wildman–Crippen LogP) is 3.85. The summed E-state index contributed by atoms with van der Waals surface area (Å²) in [7, 11) is 0. The molecule has 0 radical (unpaired) electrons. The molecule has 2 aliphatic rings. The molecule has 2 fully saturated rings. The van der Waals surface area contributed by atoms with Gasteiger partial charge in [-0.25, -0.2) is 0 Å². The second-order valence-electron chi connectivity index (χ2n) is 7.66. The molecule has 2 rings (SSSR count). The molecule has 0 aromatic carbocycles. The molecule has 3 nitrogen and oxygen atoms in total. The average molecular weight is 310 g/mol. The normalized spacial score (nSPS) is 38.3. The van der Waals surface area contributed by atoms with Crippen LogP contribution in [-0.4, -0.2) is 28.2 Å². The van der Waals surface area contributed by atoms with E-state index in [-0.39, 0.29) is 11.7 Å². The van der Waals surface area contributed by atoms with Crippen LogP contribution in [0.4, 0.5) is 0 Å². The summed E-state index contributed by atoms with van der Waals surface area (Å²) in [6, 6.07) is 0. The Morgan fingerprint density at radius 1 is 1.00 bits per heavy atom. The second kappa shape index (κ2) is 7.92. The molecule has 0 bridgehead atoms. The van der Waals surface area contributed by atoms with Gasteiger partial charge in [0, 0.05) is 11.3 Å². The van der Waals surface area contributed by atoms with Crippen LogP contribution in [0.25, 0.3) is 0 Å². The lowest BCUT2D eigenvalue weighted by molar-refractivity contribution is -0.172. The lowest BCUT2D eigenvalue weighted by Crippen LogP contribution is -2.57. The van der Waals surface area contributed by atoms with Crippen LogP contribution < -0.4 is 0 Å². The molecule has 0 saturated heterocycles. The van der Waals surface area contributed by atoms with Gasteiger partial charge in [0.05, 0.1) is 12.2 Å². The number of carbonyl (C=O) groups excluding carboxylic acids is 1. The third-order valence-corrected chi connectivity index (χ3v) is 6.37. The van der Waals surface area contributed by atoms with E-state index in [1.807, 2.05) is 0 Å². The lowest BCUT2D eigenvalue weighted by Gasteiger charge is -2.53. The molecule has 2 N–H and O–H groups in total. The molecule has 0 amide bonds. The fraction of sp³-hybridized carbons (Fsp3) is 0.947. The summed E-state index contributed by atoms with van der Waals surface area (Å²) in [5.74, 6) is 0.172. The van der Waals surface area contributed by atoms with Crippen LogP contribution in [0, 0.1) is 17.3 Å². The van der Waals surface area contributed by atoms with Gasteiger partial charge in [-0.05, 0) is 44.9 Å². The standard InChI is InChI=1S/C19H34O3/c1-3-13-19(15-9-7-5-4-6-8-10-15)17(21)12-11-16(14(2)20)18(19)22/h15-18,21-22H,3-13H2,1-2H3. The summed E-state index contributed by atoms with van der Waals surface area (Å²) in [5, 5.41) is 21.9. The van der Waals surface area contributed by atoms with Crippen molar-refractivity contribution in [3.8, 4) is 0 Å². The van der Waals surface area contributed by atoms with Gasteiger partial charge in [-0.3, -0.25) is 4.79 Å². The Morgan fingerprint density at radius 2 is 1.59 bits per heavy atom. The van der Waals surface area contributed by atoms with Gasteiger partial charge >= 0.3 is 0 Å². The second-order valence-corrected chi connectivity index (χ2v) is 7.66. The minimum atomic E-state index is -0.668. The molecule has 0 aromatic heterocycles. The van der Waals surface area contributed by atoms with Crippen molar-refractivity contribution in [3.63, 3.8) is 0 Å². The number of aliphatic hydroxyl groups excluding tert-OH is 2. The van der Waals surface area contributed by atoms with Gasteiger partial charge in [0.15, 0.2) is 0 Å².